The van der Waals surface area contributed by atoms with Gasteiger partial charge in [0.2, 0.25) is 0 Å². The van der Waals surface area contributed by atoms with Crippen LogP contribution in [0.5, 0.6) is 0 Å². The van der Waals surface area contributed by atoms with E-state index in [2.05, 4.69) is 37.4 Å². The van der Waals surface area contributed by atoms with Crippen LogP contribution >= 0.6 is 11.3 Å². The van der Waals surface area contributed by atoms with E-state index in [4.69, 9.17) is 5.26 Å². The summed E-state index contributed by atoms with van der Waals surface area (Å²) in [5.74, 6) is 0.225. The first-order chi connectivity index (χ1) is 8.19. The molecule has 1 aromatic rings. The summed E-state index contributed by atoms with van der Waals surface area (Å²) in [7, 11) is 0. The van der Waals surface area contributed by atoms with Crippen molar-refractivity contribution >= 4 is 11.3 Å². The van der Waals surface area contributed by atoms with E-state index in [9.17, 15) is 0 Å². The summed E-state index contributed by atoms with van der Waals surface area (Å²) in [6.07, 6.45) is 4.50. The molecule has 1 aliphatic rings. The SMILES string of the molecule is Cc1ccc(CC(C)NC2CCCC2C#N)s1. The monoisotopic (exact) mass is 248 g/mol. The Bertz CT molecular complexity index is 405. The van der Waals surface area contributed by atoms with Crippen LogP contribution in [0.4, 0.5) is 0 Å². The normalized spacial score (nSPS) is 25.7. The highest BCUT2D eigenvalue weighted by Gasteiger charge is 2.27. The van der Waals surface area contributed by atoms with E-state index in [1.807, 2.05) is 11.3 Å². The molecule has 92 valence electrons. The number of aryl methyl sites for hydroxylation is 1. The highest BCUT2D eigenvalue weighted by atomic mass is 32.1. The van der Waals surface area contributed by atoms with Gasteiger partial charge < -0.3 is 5.32 Å². The average Bonchev–Trinajstić information content (AvgIpc) is 2.87. The number of rotatable bonds is 4. The van der Waals surface area contributed by atoms with Crippen molar-refractivity contribution in [1.29, 1.82) is 5.26 Å². The van der Waals surface area contributed by atoms with Crippen molar-refractivity contribution in [3.63, 3.8) is 0 Å². The van der Waals surface area contributed by atoms with Gasteiger partial charge in [0, 0.05) is 21.8 Å². The van der Waals surface area contributed by atoms with Crippen LogP contribution in [0.15, 0.2) is 12.1 Å². The fraction of sp³-hybridized carbons (Fsp3) is 0.643. The number of nitrogens with zero attached hydrogens (tertiary/aromatic N) is 1. The second kappa shape index (κ2) is 5.66. The Morgan fingerprint density at radius 3 is 3.00 bits per heavy atom. The molecule has 1 N–H and O–H groups in total. The van der Waals surface area contributed by atoms with Gasteiger partial charge >= 0.3 is 0 Å². The zero-order chi connectivity index (χ0) is 12.3. The largest absolute Gasteiger partial charge is 0.310 e. The molecular formula is C14H20N2S. The Labute approximate surface area is 108 Å². The van der Waals surface area contributed by atoms with Crippen LogP contribution in [0.1, 0.15) is 35.9 Å². The molecule has 0 amide bonds. The molecule has 1 aromatic heterocycles. The van der Waals surface area contributed by atoms with E-state index in [0.29, 0.717) is 12.1 Å². The van der Waals surface area contributed by atoms with Crippen LogP contribution in [0, 0.1) is 24.2 Å². The minimum Gasteiger partial charge on any atom is -0.310 e. The maximum Gasteiger partial charge on any atom is 0.0672 e. The van der Waals surface area contributed by atoms with Gasteiger partial charge in [-0.3, -0.25) is 0 Å². The van der Waals surface area contributed by atoms with Crippen LogP contribution in [0.3, 0.4) is 0 Å². The number of hydrogen-bond donors (Lipinski definition) is 1. The average molecular weight is 248 g/mol. The molecule has 1 aliphatic carbocycles. The van der Waals surface area contributed by atoms with E-state index in [-0.39, 0.29) is 5.92 Å². The molecule has 1 fully saturated rings. The van der Waals surface area contributed by atoms with Gasteiger partial charge in [-0.05, 0) is 45.2 Å². The van der Waals surface area contributed by atoms with E-state index < -0.39 is 0 Å². The second-order valence-electron chi connectivity index (χ2n) is 5.06. The lowest BCUT2D eigenvalue weighted by Crippen LogP contribution is -2.39. The molecule has 1 heterocycles. The molecule has 0 aromatic carbocycles. The fourth-order valence-corrected chi connectivity index (χ4v) is 3.65. The minimum absolute atomic E-state index is 0.225. The summed E-state index contributed by atoms with van der Waals surface area (Å²) in [5, 5.41) is 12.7. The van der Waals surface area contributed by atoms with Crippen molar-refractivity contribution < 1.29 is 0 Å². The van der Waals surface area contributed by atoms with Crippen molar-refractivity contribution in [1.82, 2.24) is 5.32 Å². The molecule has 0 spiro atoms. The molecule has 17 heavy (non-hydrogen) atoms. The van der Waals surface area contributed by atoms with Crippen LogP contribution < -0.4 is 5.32 Å². The molecule has 3 atom stereocenters. The third kappa shape index (κ3) is 3.31. The van der Waals surface area contributed by atoms with Gasteiger partial charge in [0.1, 0.15) is 0 Å². The molecule has 2 rings (SSSR count). The molecule has 0 saturated heterocycles. The number of nitriles is 1. The van der Waals surface area contributed by atoms with Crippen LogP contribution in [0.2, 0.25) is 0 Å². The van der Waals surface area contributed by atoms with E-state index in [0.717, 1.165) is 19.3 Å². The second-order valence-corrected chi connectivity index (χ2v) is 6.43. The van der Waals surface area contributed by atoms with Crippen molar-refractivity contribution in [3.05, 3.63) is 21.9 Å². The van der Waals surface area contributed by atoms with Crippen molar-refractivity contribution in [2.24, 2.45) is 5.92 Å². The number of hydrogen-bond acceptors (Lipinski definition) is 3. The Kier molecular flexibility index (Phi) is 4.20. The summed E-state index contributed by atoms with van der Waals surface area (Å²) in [4.78, 5) is 2.82. The maximum absolute atomic E-state index is 9.05. The highest BCUT2D eigenvalue weighted by molar-refractivity contribution is 7.11. The lowest BCUT2D eigenvalue weighted by molar-refractivity contribution is 0.410. The Balaban J connectivity index is 1.85. The Morgan fingerprint density at radius 1 is 1.53 bits per heavy atom. The standard InChI is InChI=1S/C14H20N2S/c1-10(8-13-7-6-11(2)17-13)16-14-5-3-4-12(14)9-15/h6-7,10,12,14,16H,3-5,8H2,1-2H3. The van der Waals surface area contributed by atoms with Gasteiger partial charge in [-0.15, -0.1) is 11.3 Å². The lowest BCUT2D eigenvalue weighted by Gasteiger charge is -2.21. The number of nitrogens with one attached hydrogen (secondary N) is 1. The van der Waals surface area contributed by atoms with Crippen molar-refractivity contribution in [2.75, 3.05) is 0 Å². The Morgan fingerprint density at radius 2 is 2.35 bits per heavy atom. The molecule has 0 radical (unpaired) electrons. The summed E-state index contributed by atoms with van der Waals surface area (Å²) in [6, 6.07) is 7.70. The molecule has 1 saturated carbocycles. The van der Waals surface area contributed by atoms with Gasteiger partial charge in [-0.1, -0.05) is 6.42 Å². The topological polar surface area (TPSA) is 35.8 Å². The van der Waals surface area contributed by atoms with Crippen molar-refractivity contribution in [3.8, 4) is 6.07 Å². The van der Waals surface area contributed by atoms with Crippen LogP contribution in [-0.4, -0.2) is 12.1 Å². The summed E-state index contributed by atoms with van der Waals surface area (Å²) in [6.45, 7) is 4.37. The zero-order valence-corrected chi connectivity index (χ0v) is 11.4. The van der Waals surface area contributed by atoms with Crippen LogP contribution in [0.25, 0.3) is 0 Å². The third-order valence-electron chi connectivity index (χ3n) is 3.48. The summed E-state index contributed by atoms with van der Waals surface area (Å²) in [5.41, 5.74) is 0. The number of thiophene rings is 1. The van der Waals surface area contributed by atoms with E-state index >= 15 is 0 Å². The molecular weight excluding hydrogens is 228 g/mol. The smallest absolute Gasteiger partial charge is 0.0672 e. The van der Waals surface area contributed by atoms with Gasteiger partial charge in [0.05, 0.1) is 12.0 Å². The molecule has 0 bridgehead atoms. The zero-order valence-electron chi connectivity index (χ0n) is 10.6. The predicted molar refractivity (Wildman–Crippen MR) is 72.1 cm³/mol. The first-order valence-electron chi connectivity index (χ1n) is 6.40. The van der Waals surface area contributed by atoms with Crippen molar-refractivity contribution in [2.45, 2.75) is 51.6 Å². The van der Waals surface area contributed by atoms with Gasteiger partial charge in [0.25, 0.3) is 0 Å². The molecule has 3 unspecified atom stereocenters. The summed E-state index contributed by atoms with van der Waals surface area (Å²) < 4.78 is 0. The lowest BCUT2D eigenvalue weighted by atomic mass is 10.0. The Hall–Kier alpha value is -0.850. The van der Waals surface area contributed by atoms with Gasteiger partial charge in [-0.2, -0.15) is 5.26 Å². The van der Waals surface area contributed by atoms with Gasteiger partial charge in [-0.25, -0.2) is 0 Å². The summed E-state index contributed by atoms with van der Waals surface area (Å²) >= 11 is 1.88. The third-order valence-corrected chi connectivity index (χ3v) is 4.51. The fourth-order valence-electron chi connectivity index (χ4n) is 2.64. The van der Waals surface area contributed by atoms with Crippen LogP contribution in [-0.2, 0) is 6.42 Å². The minimum atomic E-state index is 0.225. The quantitative estimate of drug-likeness (QED) is 0.887. The van der Waals surface area contributed by atoms with E-state index in [1.54, 1.807) is 0 Å². The predicted octanol–water partition coefficient (Wildman–Crippen LogP) is 3.27. The molecule has 3 heteroatoms. The molecule has 2 nitrogen and oxygen atoms in total. The first kappa shape index (κ1) is 12.6. The van der Waals surface area contributed by atoms with E-state index in [1.165, 1.54) is 16.2 Å². The molecule has 0 aliphatic heterocycles. The van der Waals surface area contributed by atoms with Gasteiger partial charge in [0.15, 0.2) is 0 Å². The highest BCUT2D eigenvalue weighted by Crippen LogP contribution is 2.26. The maximum atomic E-state index is 9.05. The first-order valence-corrected chi connectivity index (χ1v) is 7.21.